The van der Waals surface area contributed by atoms with Gasteiger partial charge in [-0.2, -0.15) is 0 Å². The lowest BCUT2D eigenvalue weighted by Crippen LogP contribution is -2.52. The predicted molar refractivity (Wildman–Crippen MR) is 149 cm³/mol. The van der Waals surface area contributed by atoms with Crippen LogP contribution in [0.2, 0.25) is 10.0 Å². The van der Waals surface area contributed by atoms with Crippen molar-refractivity contribution in [2.24, 2.45) is 0 Å². The number of nitrogens with one attached hydrogen (secondary N) is 1. The fourth-order valence-corrected chi connectivity index (χ4v) is 5.62. The molecule has 0 saturated heterocycles. The molecule has 1 atom stereocenters. The fraction of sp³-hybridized carbons (Fsp3) is 0.462. The molecule has 9 nitrogen and oxygen atoms in total. The van der Waals surface area contributed by atoms with Crippen molar-refractivity contribution in [3.63, 3.8) is 0 Å². The number of halogens is 2. The second-order valence-corrected chi connectivity index (χ2v) is 11.7. The van der Waals surface area contributed by atoms with Crippen LogP contribution in [0, 0.1) is 0 Å². The molecule has 208 valence electrons. The SMILES string of the molecule is CCCNC(=O)[C@@H](CC)N(Cc1c(Cl)cccc1Cl)C(=O)CN(c1ccc2c(c1)OCCO2)S(=O)(=O)CC. The summed E-state index contributed by atoms with van der Waals surface area (Å²) in [6.45, 7) is 5.76. The van der Waals surface area contributed by atoms with Crippen LogP contribution >= 0.6 is 23.2 Å². The quantitative estimate of drug-likeness (QED) is 0.399. The minimum Gasteiger partial charge on any atom is -0.486 e. The number of amides is 2. The van der Waals surface area contributed by atoms with Crippen LogP contribution in [0.4, 0.5) is 5.69 Å². The average molecular weight is 587 g/mol. The molecule has 0 saturated carbocycles. The van der Waals surface area contributed by atoms with Crippen molar-refractivity contribution in [2.45, 2.75) is 46.2 Å². The number of anilines is 1. The summed E-state index contributed by atoms with van der Waals surface area (Å²) < 4.78 is 38.5. The van der Waals surface area contributed by atoms with Gasteiger partial charge < -0.3 is 19.7 Å². The second kappa shape index (κ2) is 13.4. The zero-order chi connectivity index (χ0) is 27.9. The van der Waals surface area contributed by atoms with Crippen molar-refractivity contribution in [1.82, 2.24) is 10.2 Å². The highest BCUT2D eigenvalue weighted by atomic mass is 35.5. The standard InChI is InChI=1S/C26H33Cl2N3O6S/c1-4-12-29-26(33)22(5-2)30(16-19-20(27)8-7-9-21(19)28)25(32)17-31(38(34,35)6-3)18-10-11-23-24(15-18)37-14-13-36-23/h7-11,15,22H,4-6,12-14,16-17H2,1-3H3,(H,29,33)/t22-/m1/s1. The summed E-state index contributed by atoms with van der Waals surface area (Å²) in [6, 6.07) is 8.82. The van der Waals surface area contributed by atoms with E-state index in [0.717, 1.165) is 10.7 Å². The summed E-state index contributed by atoms with van der Waals surface area (Å²) >= 11 is 12.8. The van der Waals surface area contributed by atoms with Crippen LogP contribution < -0.4 is 19.1 Å². The Labute approximate surface area is 234 Å². The third kappa shape index (κ3) is 7.03. The molecule has 0 aromatic heterocycles. The molecule has 3 rings (SSSR count). The van der Waals surface area contributed by atoms with Gasteiger partial charge in [-0.3, -0.25) is 13.9 Å². The highest BCUT2D eigenvalue weighted by Crippen LogP contribution is 2.35. The number of nitrogens with zero attached hydrogens (tertiary/aromatic N) is 2. The van der Waals surface area contributed by atoms with Gasteiger partial charge in [0.2, 0.25) is 21.8 Å². The van der Waals surface area contributed by atoms with E-state index in [1.165, 1.54) is 17.9 Å². The van der Waals surface area contributed by atoms with Crippen molar-refractivity contribution in [1.29, 1.82) is 0 Å². The Morgan fingerprint density at radius 1 is 1.03 bits per heavy atom. The third-order valence-electron chi connectivity index (χ3n) is 6.12. The molecule has 2 aromatic rings. The maximum atomic E-state index is 13.9. The molecule has 0 fully saturated rings. The van der Waals surface area contributed by atoms with Gasteiger partial charge in [-0.1, -0.05) is 43.1 Å². The molecule has 1 aliphatic heterocycles. The molecule has 2 aromatic carbocycles. The number of hydrogen-bond acceptors (Lipinski definition) is 6. The summed E-state index contributed by atoms with van der Waals surface area (Å²) in [7, 11) is -3.89. The number of hydrogen-bond donors (Lipinski definition) is 1. The first kappa shape index (κ1) is 29.9. The maximum absolute atomic E-state index is 13.9. The Balaban J connectivity index is 2.01. The molecule has 0 aliphatic carbocycles. The van der Waals surface area contributed by atoms with E-state index in [-0.39, 0.29) is 23.9 Å². The van der Waals surface area contributed by atoms with Crippen molar-refractivity contribution >= 4 is 50.7 Å². The molecule has 38 heavy (non-hydrogen) atoms. The van der Waals surface area contributed by atoms with E-state index in [0.29, 0.717) is 53.3 Å². The summed E-state index contributed by atoms with van der Waals surface area (Å²) in [4.78, 5) is 28.3. The normalized spacial score (nSPS) is 13.5. The smallest absolute Gasteiger partial charge is 0.244 e. The summed E-state index contributed by atoms with van der Waals surface area (Å²) in [5, 5.41) is 3.51. The topological polar surface area (TPSA) is 105 Å². The summed E-state index contributed by atoms with van der Waals surface area (Å²) in [5.74, 6) is -0.267. The van der Waals surface area contributed by atoms with Crippen LogP contribution in [0.15, 0.2) is 36.4 Å². The molecule has 1 aliphatic rings. The van der Waals surface area contributed by atoms with Gasteiger partial charge in [0.1, 0.15) is 25.8 Å². The predicted octanol–water partition coefficient (Wildman–Crippen LogP) is 4.25. The van der Waals surface area contributed by atoms with E-state index in [1.54, 1.807) is 37.3 Å². The van der Waals surface area contributed by atoms with Gasteiger partial charge in [0.15, 0.2) is 11.5 Å². The van der Waals surface area contributed by atoms with E-state index < -0.39 is 28.5 Å². The van der Waals surface area contributed by atoms with Crippen molar-refractivity contribution in [2.75, 3.05) is 36.4 Å². The number of fused-ring (bicyclic) bond motifs is 1. The van der Waals surface area contributed by atoms with Crippen LogP contribution in [-0.4, -0.2) is 63.2 Å². The average Bonchev–Trinajstić information content (AvgIpc) is 2.91. The molecular formula is C26H33Cl2N3O6S. The first-order chi connectivity index (χ1) is 18.1. The molecular weight excluding hydrogens is 553 g/mol. The Hall–Kier alpha value is -2.69. The van der Waals surface area contributed by atoms with Gasteiger partial charge in [-0.15, -0.1) is 0 Å². The van der Waals surface area contributed by atoms with Gasteiger partial charge in [-0.05, 0) is 44.0 Å². The fourth-order valence-electron chi connectivity index (χ4n) is 4.05. The number of carbonyl (C=O) groups is 2. The van der Waals surface area contributed by atoms with Gasteiger partial charge >= 0.3 is 0 Å². The maximum Gasteiger partial charge on any atom is 0.244 e. The summed E-state index contributed by atoms with van der Waals surface area (Å²) in [6.07, 6.45) is 1.02. The molecule has 1 heterocycles. The van der Waals surface area contributed by atoms with Gasteiger partial charge in [0.25, 0.3) is 0 Å². The largest absolute Gasteiger partial charge is 0.486 e. The van der Waals surface area contributed by atoms with Crippen LogP contribution in [0.3, 0.4) is 0 Å². The third-order valence-corrected chi connectivity index (χ3v) is 8.57. The highest BCUT2D eigenvalue weighted by molar-refractivity contribution is 7.92. The van der Waals surface area contributed by atoms with E-state index in [9.17, 15) is 18.0 Å². The number of carbonyl (C=O) groups excluding carboxylic acids is 2. The lowest BCUT2D eigenvalue weighted by Gasteiger charge is -2.33. The zero-order valence-corrected chi connectivity index (χ0v) is 24.0. The molecule has 0 bridgehead atoms. The molecule has 1 N–H and O–H groups in total. The van der Waals surface area contributed by atoms with E-state index >= 15 is 0 Å². The summed E-state index contributed by atoms with van der Waals surface area (Å²) in [5.41, 5.74) is 0.721. The molecule has 2 amide bonds. The number of ether oxygens (including phenoxy) is 2. The Morgan fingerprint density at radius 2 is 1.68 bits per heavy atom. The molecule has 0 unspecified atom stereocenters. The van der Waals surface area contributed by atoms with Crippen LogP contribution in [0.1, 0.15) is 39.2 Å². The number of rotatable bonds is 12. The van der Waals surface area contributed by atoms with E-state index in [1.807, 2.05) is 6.92 Å². The number of sulfonamides is 1. The first-order valence-corrected chi connectivity index (χ1v) is 14.9. The van der Waals surface area contributed by atoms with Crippen LogP contribution in [0.5, 0.6) is 11.5 Å². The molecule has 0 spiro atoms. The van der Waals surface area contributed by atoms with Crippen molar-refractivity contribution in [3.8, 4) is 11.5 Å². The lowest BCUT2D eigenvalue weighted by atomic mass is 10.1. The number of benzene rings is 2. The highest BCUT2D eigenvalue weighted by Gasteiger charge is 2.33. The Bertz CT molecular complexity index is 1240. The first-order valence-electron chi connectivity index (χ1n) is 12.5. The van der Waals surface area contributed by atoms with Gasteiger partial charge in [-0.25, -0.2) is 8.42 Å². The lowest BCUT2D eigenvalue weighted by molar-refractivity contribution is -0.140. The van der Waals surface area contributed by atoms with Crippen molar-refractivity contribution in [3.05, 3.63) is 52.0 Å². The van der Waals surface area contributed by atoms with Gasteiger partial charge in [0, 0.05) is 34.8 Å². The Morgan fingerprint density at radius 3 is 2.29 bits per heavy atom. The zero-order valence-electron chi connectivity index (χ0n) is 21.7. The monoisotopic (exact) mass is 585 g/mol. The van der Waals surface area contributed by atoms with Crippen LogP contribution in [0.25, 0.3) is 0 Å². The van der Waals surface area contributed by atoms with E-state index in [4.69, 9.17) is 32.7 Å². The minimum atomic E-state index is -3.89. The van der Waals surface area contributed by atoms with Crippen LogP contribution in [-0.2, 0) is 26.2 Å². The molecule has 12 heteroatoms. The van der Waals surface area contributed by atoms with E-state index in [2.05, 4.69) is 5.32 Å². The minimum absolute atomic E-state index is 0.0729. The van der Waals surface area contributed by atoms with Gasteiger partial charge in [0.05, 0.1) is 11.4 Å². The molecule has 0 radical (unpaired) electrons. The second-order valence-electron chi connectivity index (χ2n) is 8.67. The Kier molecular flexibility index (Phi) is 10.5. The van der Waals surface area contributed by atoms with Crippen molar-refractivity contribution < 1.29 is 27.5 Å².